The fourth-order valence-electron chi connectivity index (χ4n) is 1.84. The van der Waals surface area contributed by atoms with Gasteiger partial charge < -0.3 is 4.74 Å². The van der Waals surface area contributed by atoms with Gasteiger partial charge in [-0.3, -0.25) is 0 Å². The Morgan fingerprint density at radius 1 is 1.29 bits per heavy atom. The minimum Gasteiger partial charge on any atom is -0.422 e. The summed E-state index contributed by atoms with van der Waals surface area (Å²) in [6.45, 7) is 5.87. The molecule has 0 saturated heterocycles. The summed E-state index contributed by atoms with van der Waals surface area (Å²) < 4.78 is 5.35. The van der Waals surface area contributed by atoms with Crippen LogP contribution in [0.25, 0.3) is 0 Å². The predicted octanol–water partition coefficient (Wildman–Crippen LogP) is 4.08. The number of esters is 1. The summed E-state index contributed by atoms with van der Waals surface area (Å²) >= 11 is 7.42. The van der Waals surface area contributed by atoms with Crippen molar-refractivity contribution in [3.8, 4) is 5.75 Å². The van der Waals surface area contributed by atoms with E-state index in [0.29, 0.717) is 10.9 Å². The van der Waals surface area contributed by atoms with Crippen molar-refractivity contribution in [2.24, 2.45) is 0 Å². The van der Waals surface area contributed by atoms with Crippen molar-refractivity contribution in [3.63, 3.8) is 0 Å². The number of hydrogen-bond acceptors (Lipinski definition) is 5. The zero-order valence-corrected chi connectivity index (χ0v) is 13.6. The molecule has 2 rings (SSSR count). The van der Waals surface area contributed by atoms with E-state index in [2.05, 4.69) is 9.97 Å². The third-order valence-corrected chi connectivity index (χ3v) is 3.61. The topological polar surface area (TPSA) is 52.1 Å². The standard InChI is InChI=1S/C15H15ClN2O2S/c1-4-21-15-17-8-12(16)13(18-15)14(19)20-11-6-9(2)5-10(3)7-11/h5-8H,4H2,1-3H3. The maximum atomic E-state index is 12.2. The molecule has 0 saturated carbocycles. The Balaban J connectivity index is 2.25. The highest BCUT2D eigenvalue weighted by atomic mass is 35.5. The van der Waals surface area contributed by atoms with Gasteiger partial charge in [0.15, 0.2) is 10.9 Å². The predicted molar refractivity (Wildman–Crippen MR) is 84.3 cm³/mol. The number of benzene rings is 1. The number of carbonyl (C=O) groups is 1. The van der Waals surface area contributed by atoms with E-state index in [-0.39, 0.29) is 10.7 Å². The van der Waals surface area contributed by atoms with Crippen molar-refractivity contribution < 1.29 is 9.53 Å². The van der Waals surface area contributed by atoms with Crippen LogP contribution in [0.15, 0.2) is 29.6 Å². The Morgan fingerprint density at radius 3 is 2.57 bits per heavy atom. The monoisotopic (exact) mass is 322 g/mol. The molecule has 0 amide bonds. The van der Waals surface area contributed by atoms with Gasteiger partial charge in [0, 0.05) is 0 Å². The summed E-state index contributed by atoms with van der Waals surface area (Å²) in [4.78, 5) is 20.4. The largest absolute Gasteiger partial charge is 0.422 e. The minimum absolute atomic E-state index is 0.0850. The van der Waals surface area contributed by atoms with Crippen LogP contribution in [0.1, 0.15) is 28.5 Å². The molecule has 0 unspecified atom stereocenters. The second-order valence-corrected chi connectivity index (χ2v) is 6.13. The molecule has 4 nitrogen and oxygen atoms in total. The van der Waals surface area contributed by atoms with E-state index in [4.69, 9.17) is 16.3 Å². The first kappa shape index (κ1) is 15.8. The average molecular weight is 323 g/mol. The van der Waals surface area contributed by atoms with E-state index < -0.39 is 5.97 Å². The number of carbonyl (C=O) groups excluding carboxylic acids is 1. The molecule has 6 heteroatoms. The second kappa shape index (κ2) is 6.91. The van der Waals surface area contributed by atoms with E-state index in [9.17, 15) is 4.79 Å². The molecule has 0 N–H and O–H groups in total. The Kier molecular flexibility index (Phi) is 5.20. The number of aryl methyl sites for hydroxylation is 2. The fourth-order valence-corrected chi connectivity index (χ4v) is 2.55. The smallest absolute Gasteiger partial charge is 0.364 e. The summed E-state index contributed by atoms with van der Waals surface area (Å²) in [7, 11) is 0. The van der Waals surface area contributed by atoms with Crippen molar-refractivity contribution in [1.29, 1.82) is 0 Å². The van der Waals surface area contributed by atoms with Crippen LogP contribution < -0.4 is 4.74 Å². The molecular formula is C15H15ClN2O2S. The summed E-state index contributed by atoms with van der Waals surface area (Å²) in [6.07, 6.45) is 1.42. The molecule has 2 aromatic rings. The van der Waals surface area contributed by atoms with Gasteiger partial charge in [0.1, 0.15) is 5.75 Å². The van der Waals surface area contributed by atoms with Crippen LogP contribution in [-0.2, 0) is 0 Å². The maximum Gasteiger partial charge on any atom is 0.364 e. The van der Waals surface area contributed by atoms with Crippen molar-refractivity contribution in [1.82, 2.24) is 9.97 Å². The zero-order chi connectivity index (χ0) is 15.4. The van der Waals surface area contributed by atoms with Crippen LogP contribution in [0.3, 0.4) is 0 Å². The fraction of sp³-hybridized carbons (Fsp3) is 0.267. The van der Waals surface area contributed by atoms with Crippen LogP contribution in [0.2, 0.25) is 5.02 Å². The summed E-state index contributed by atoms with van der Waals surface area (Å²) in [5.41, 5.74) is 2.13. The van der Waals surface area contributed by atoms with E-state index in [1.165, 1.54) is 18.0 Å². The number of hydrogen-bond donors (Lipinski definition) is 0. The Labute approximate surface area is 132 Å². The van der Waals surface area contributed by atoms with Crippen molar-refractivity contribution in [2.75, 3.05) is 5.75 Å². The first-order chi connectivity index (χ1) is 9.99. The van der Waals surface area contributed by atoms with Crippen LogP contribution in [0.4, 0.5) is 0 Å². The lowest BCUT2D eigenvalue weighted by molar-refractivity contribution is 0.0727. The molecular weight excluding hydrogens is 308 g/mol. The molecule has 0 spiro atoms. The van der Waals surface area contributed by atoms with E-state index in [1.807, 2.05) is 26.8 Å². The van der Waals surface area contributed by atoms with Gasteiger partial charge in [0.2, 0.25) is 0 Å². The molecule has 0 fully saturated rings. The van der Waals surface area contributed by atoms with Gasteiger partial charge in [0.05, 0.1) is 11.2 Å². The molecule has 0 radical (unpaired) electrons. The molecule has 0 atom stereocenters. The van der Waals surface area contributed by atoms with Crippen LogP contribution in [0, 0.1) is 13.8 Å². The first-order valence-electron chi connectivity index (χ1n) is 6.45. The molecule has 0 aliphatic carbocycles. The van der Waals surface area contributed by atoms with Crippen molar-refractivity contribution in [2.45, 2.75) is 25.9 Å². The third kappa shape index (κ3) is 4.19. The van der Waals surface area contributed by atoms with Crippen LogP contribution >= 0.6 is 23.4 Å². The molecule has 1 aromatic heterocycles. The Morgan fingerprint density at radius 2 is 1.95 bits per heavy atom. The summed E-state index contributed by atoms with van der Waals surface area (Å²) in [6, 6.07) is 5.59. The average Bonchev–Trinajstić information content (AvgIpc) is 2.40. The van der Waals surface area contributed by atoms with Gasteiger partial charge in [0.25, 0.3) is 0 Å². The number of thioether (sulfide) groups is 1. The van der Waals surface area contributed by atoms with Crippen molar-refractivity contribution >= 4 is 29.3 Å². The molecule has 0 aliphatic heterocycles. The number of nitrogens with zero attached hydrogens (tertiary/aromatic N) is 2. The van der Waals surface area contributed by atoms with Gasteiger partial charge in [-0.25, -0.2) is 14.8 Å². The molecule has 0 bridgehead atoms. The summed E-state index contributed by atoms with van der Waals surface area (Å²) in [5, 5.41) is 0.694. The van der Waals surface area contributed by atoms with Crippen LogP contribution in [-0.4, -0.2) is 21.7 Å². The van der Waals surface area contributed by atoms with Gasteiger partial charge in [-0.05, 0) is 42.9 Å². The molecule has 1 aromatic carbocycles. The lowest BCUT2D eigenvalue weighted by atomic mass is 10.1. The van der Waals surface area contributed by atoms with Gasteiger partial charge in [-0.1, -0.05) is 36.4 Å². The minimum atomic E-state index is -0.578. The second-order valence-electron chi connectivity index (χ2n) is 4.50. The number of rotatable bonds is 4. The first-order valence-corrected chi connectivity index (χ1v) is 7.81. The van der Waals surface area contributed by atoms with E-state index >= 15 is 0 Å². The third-order valence-electron chi connectivity index (χ3n) is 2.59. The van der Waals surface area contributed by atoms with Crippen LogP contribution in [0.5, 0.6) is 5.75 Å². The zero-order valence-electron chi connectivity index (χ0n) is 12.0. The van der Waals surface area contributed by atoms with E-state index in [1.54, 1.807) is 12.1 Å². The lowest BCUT2D eigenvalue weighted by Gasteiger charge is -2.08. The molecule has 110 valence electrons. The van der Waals surface area contributed by atoms with E-state index in [0.717, 1.165) is 16.9 Å². The van der Waals surface area contributed by atoms with Gasteiger partial charge in [-0.15, -0.1) is 0 Å². The number of halogens is 1. The highest BCUT2D eigenvalue weighted by molar-refractivity contribution is 7.99. The SMILES string of the molecule is CCSc1ncc(Cl)c(C(=O)Oc2cc(C)cc(C)c2)n1. The Bertz CT molecular complexity index is 656. The van der Waals surface area contributed by atoms with Gasteiger partial charge in [-0.2, -0.15) is 0 Å². The normalized spacial score (nSPS) is 10.5. The number of aromatic nitrogens is 2. The van der Waals surface area contributed by atoms with Gasteiger partial charge >= 0.3 is 5.97 Å². The summed E-state index contributed by atoms with van der Waals surface area (Å²) in [5.74, 6) is 0.718. The molecule has 21 heavy (non-hydrogen) atoms. The lowest BCUT2D eigenvalue weighted by Crippen LogP contribution is -2.12. The maximum absolute atomic E-state index is 12.2. The molecule has 0 aliphatic rings. The van der Waals surface area contributed by atoms with Crippen molar-refractivity contribution in [3.05, 3.63) is 46.2 Å². The highest BCUT2D eigenvalue weighted by Crippen LogP contribution is 2.21. The Hall–Kier alpha value is -1.59. The quantitative estimate of drug-likeness (QED) is 0.367. The highest BCUT2D eigenvalue weighted by Gasteiger charge is 2.17. The number of ether oxygens (including phenoxy) is 1. The molecule has 1 heterocycles.